The van der Waals surface area contributed by atoms with Crippen molar-refractivity contribution in [2.24, 2.45) is 0 Å². The summed E-state index contributed by atoms with van der Waals surface area (Å²) in [7, 11) is 0. The van der Waals surface area contributed by atoms with E-state index in [0.717, 1.165) is 6.20 Å². The van der Waals surface area contributed by atoms with Gasteiger partial charge in [-0.15, -0.1) is 13.2 Å². The number of alkyl halides is 3. The molecule has 0 aliphatic rings. The second-order valence-corrected chi connectivity index (χ2v) is 3.11. The number of aromatic nitrogens is 1. The first-order chi connectivity index (χ1) is 6.85. The number of hydrogen-bond acceptors (Lipinski definition) is 3. The van der Waals surface area contributed by atoms with Gasteiger partial charge in [-0.2, -0.15) is 9.65 Å². The van der Waals surface area contributed by atoms with Crippen molar-refractivity contribution in [2.45, 2.75) is 6.36 Å². The molecule has 0 saturated heterocycles. The largest absolute Gasteiger partial charge is 0.574 e. The highest BCUT2D eigenvalue weighted by molar-refractivity contribution is 9.10. The van der Waals surface area contributed by atoms with Gasteiger partial charge in [0, 0.05) is 6.20 Å². The zero-order valence-corrected chi connectivity index (χ0v) is 8.36. The lowest BCUT2D eigenvalue weighted by molar-refractivity contribution is -0.277. The molecule has 0 N–H and O–H groups in total. The number of ether oxygens (including phenoxy) is 1. The summed E-state index contributed by atoms with van der Waals surface area (Å²) in [4.78, 5) is 3.06. The molecule has 1 aromatic rings. The van der Waals surface area contributed by atoms with Crippen molar-refractivity contribution in [1.82, 2.24) is 4.98 Å². The van der Waals surface area contributed by atoms with Crippen LogP contribution in [0.15, 0.2) is 10.7 Å². The Kier molecular flexibility index (Phi) is 3.14. The van der Waals surface area contributed by atoms with Crippen LogP contribution in [0.2, 0.25) is 0 Å². The predicted molar refractivity (Wildman–Crippen MR) is 43.3 cm³/mol. The van der Waals surface area contributed by atoms with Crippen molar-refractivity contribution in [1.29, 1.82) is 5.26 Å². The molecular formula is C7HBrF4N2O. The van der Waals surface area contributed by atoms with Crippen LogP contribution in [0.3, 0.4) is 0 Å². The molecule has 15 heavy (non-hydrogen) atoms. The van der Waals surface area contributed by atoms with E-state index < -0.39 is 23.6 Å². The van der Waals surface area contributed by atoms with Gasteiger partial charge in [0.25, 0.3) is 5.88 Å². The Labute approximate surface area is 89.4 Å². The standard InChI is InChI=1S/C7HBrF4N2O/c8-4-2-14-6(15-7(10,11)12)5(9)3(4)1-13/h2H. The molecule has 0 atom stereocenters. The fraction of sp³-hybridized carbons (Fsp3) is 0.143. The first-order valence-corrected chi connectivity index (χ1v) is 4.14. The Balaban J connectivity index is 3.18. The van der Waals surface area contributed by atoms with Crippen molar-refractivity contribution in [2.75, 3.05) is 0 Å². The molecule has 0 fully saturated rings. The molecule has 1 heterocycles. The Bertz CT molecular complexity index is 426. The van der Waals surface area contributed by atoms with E-state index in [-0.39, 0.29) is 4.47 Å². The van der Waals surface area contributed by atoms with Crippen LogP contribution < -0.4 is 4.74 Å². The summed E-state index contributed by atoms with van der Waals surface area (Å²) in [5.41, 5.74) is -0.593. The fourth-order valence-electron chi connectivity index (χ4n) is 0.732. The molecule has 8 heteroatoms. The Morgan fingerprint density at radius 2 is 2.07 bits per heavy atom. The monoisotopic (exact) mass is 284 g/mol. The molecule has 1 aromatic heterocycles. The molecule has 0 amide bonds. The van der Waals surface area contributed by atoms with Crippen molar-refractivity contribution >= 4 is 15.9 Å². The van der Waals surface area contributed by atoms with Crippen molar-refractivity contribution in [3.63, 3.8) is 0 Å². The van der Waals surface area contributed by atoms with Crippen molar-refractivity contribution < 1.29 is 22.3 Å². The molecule has 0 aliphatic heterocycles. The van der Waals surface area contributed by atoms with Crippen molar-refractivity contribution in [3.05, 3.63) is 22.1 Å². The van der Waals surface area contributed by atoms with Crippen LogP contribution >= 0.6 is 15.9 Å². The predicted octanol–water partition coefficient (Wildman–Crippen LogP) is 2.75. The quantitative estimate of drug-likeness (QED) is 0.745. The second kappa shape index (κ2) is 4.02. The minimum absolute atomic E-state index is 0.0444. The lowest BCUT2D eigenvalue weighted by Gasteiger charge is -2.09. The van der Waals surface area contributed by atoms with Crippen LogP contribution in [-0.2, 0) is 0 Å². The average Bonchev–Trinajstić information content (AvgIpc) is 2.09. The van der Waals surface area contributed by atoms with Gasteiger partial charge in [-0.1, -0.05) is 0 Å². The van der Waals surface area contributed by atoms with Gasteiger partial charge in [0.15, 0.2) is 0 Å². The average molecular weight is 285 g/mol. The molecule has 0 spiro atoms. The van der Waals surface area contributed by atoms with Crippen LogP contribution in [0.25, 0.3) is 0 Å². The van der Waals surface area contributed by atoms with Gasteiger partial charge in [-0.3, -0.25) is 0 Å². The van der Waals surface area contributed by atoms with Crippen LogP contribution in [0.1, 0.15) is 5.56 Å². The Morgan fingerprint density at radius 3 is 2.53 bits per heavy atom. The summed E-state index contributed by atoms with van der Waals surface area (Å²) in [6.07, 6.45) is -4.20. The fourth-order valence-corrected chi connectivity index (χ4v) is 1.10. The summed E-state index contributed by atoms with van der Waals surface area (Å²) >= 11 is 2.76. The second-order valence-electron chi connectivity index (χ2n) is 2.26. The number of hydrogen-bond donors (Lipinski definition) is 0. The summed E-state index contributed by atoms with van der Waals surface area (Å²) < 4.78 is 51.6. The third-order valence-electron chi connectivity index (χ3n) is 1.27. The van der Waals surface area contributed by atoms with Gasteiger partial charge >= 0.3 is 6.36 Å². The maximum Gasteiger partial charge on any atom is 0.574 e. The van der Waals surface area contributed by atoms with E-state index in [4.69, 9.17) is 5.26 Å². The highest BCUT2D eigenvalue weighted by Gasteiger charge is 2.34. The van der Waals surface area contributed by atoms with Crippen molar-refractivity contribution in [3.8, 4) is 11.9 Å². The maximum absolute atomic E-state index is 13.1. The van der Waals surface area contributed by atoms with E-state index in [1.54, 1.807) is 0 Å². The molecule has 1 rings (SSSR count). The smallest absolute Gasteiger partial charge is 0.385 e. The van der Waals surface area contributed by atoms with Gasteiger partial charge in [0.05, 0.1) is 4.47 Å². The highest BCUT2D eigenvalue weighted by atomic mass is 79.9. The van der Waals surface area contributed by atoms with Gasteiger partial charge in [0.2, 0.25) is 5.82 Å². The molecule has 0 aromatic carbocycles. The molecule has 3 nitrogen and oxygen atoms in total. The lowest BCUT2D eigenvalue weighted by atomic mass is 10.3. The van der Waals surface area contributed by atoms with E-state index in [1.807, 2.05) is 0 Å². The molecule has 0 aliphatic carbocycles. The molecule has 0 unspecified atom stereocenters. The highest BCUT2D eigenvalue weighted by Crippen LogP contribution is 2.28. The zero-order chi connectivity index (χ0) is 11.6. The molecule has 0 bridgehead atoms. The van der Waals surface area contributed by atoms with E-state index in [9.17, 15) is 17.6 Å². The number of pyridine rings is 1. The number of halogens is 5. The zero-order valence-electron chi connectivity index (χ0n) is 6.77. The SMILES string of the molecule is N#Cc1c(Br)cnc(OC(F)(F)F)c1F. The van der Waals surface area contributed by atoms with E-state index >= 15 is 0 Å². The summed E-state index contributed by atoms with van der Waals surface area (Å²) in [5.74, 6) is -2.73. The van der Waals surface area contributed by atoms with E-state index in [1.165, 1.54) is 6.07 Å². The summed E-state index contributed by atoms with van der Waals surface area (Å²) in [5, 5.41) is 8.44. The van der Waals surface area contributed by atoms with Crippen LogP contribution in [-0.4, -0.2) is 11.3 Å². The van der Waals surface area contributed by atoms with Crippen LogP contribution in [0.4, 0.5) is 17.6 Å². The van der Waals surface area contributed by atoms with Gasteiger partial charge < -0.3 is 4.74 Å². The number of rotatable bonds is 1. The summed E-state index contributed by atoms with van der Waals surface area (Å²) in [6, 6.07) is 1.38. The first-order valence-electron chi connectivity index (χ1n) is 3.35. The first kappa shape index (κ1) is 11.7. The number of nitriles is 1. The van der Waals surface area contributed by atoms with E-state index in [0.29, 0.717) is 0 Å². The molecule has 0 radical (unpaired) electrons. The Hall–Kier alpha value is -1.36. The molecule has 80 valence electrons. The third-order valence-corrected chi connectivity index (χ3v) is 1.87. The minimum Gasteiger partial charge on any atom is -0.385 e. The Morgan fingerprint density at radius 1 is 1.47 bits per heavy atom. The van der Waals surface area contributed by atoms with E-state index in [2.05, 4.69) is 25.7 Å². The maximum atomic E-state index is 13.1. The third kappa shape index (κ3) is 2.79. The number of nitrogens with zero attached hydrogens (tertiary/aromatic N) is 2. The lowest BCUT2D eigenvalue weighted by Crippen LogP contribution is -2.19. The topological polar surface area (TPSA) is 45.9 Å². The minimum atomic E-state index is -5.05. The van der Waals surface area contributed by atoms with Crippen LogP contribution in [0, 0.1) is 17.1 Å². The molecular weight excluding hydrogens is 284 g/mol. The normalized spacial score (nSPS) is 10.9. The van der Waals surface area contributed by atoms with Gasteiger partial charge in [-0.25, -0.2) is 4.98 Å². The van der Waals surface area contributed by atoms with Gasteiger partial charge in [-0.05, 0) is 15.9 Å². The van der Waals surface area contributed by atoms with Crippen LogP contribution in [0.5, 0.6) is 5.88 Å². The van der Waals surface area contributed by atoms with Gasteiger partial charge in [0.1, 0.15) is 11.6 Å². The summed E-state index contributed by atoms with van der Waals surface area (Å²) in [6.45, 7) is 0. The molecule has 0 saturated carbocycles.